The van der Waals surface area contributed by atoms with Crippen molar-refractivity contribution < 1.29 is 4.74 Å². The summed E-state index contributed by atoms with van der Waals surface area (Å²) in [5.74, 6) is 1.07. The normalized spacial score (nSPS) is 12.4. The molecule has 0 bridgehead atoms. The van der Waals surface area contributed by atoms with E-state index in [9.17, 15) is 0 Å². The molecular weight excluding hydrogens is 364 g/mol. The summed E-state index contributed by atoms with van der Waals surface area (Å²) in [5, 5.41) is 0. The molecule has 30 heavy (non-hydrogen) atoms. The Hall–Kier alpha value is -3.32. The summed E-state index contributed by atoms with van der Waals surface area (Å²) < 4.78 is 6.15. The van der Waals surface area contributed by atoms with E-state index < -0.39 is 0 Å². The maximum absolute atomic E-state index is 6.15. The predicted octanol–water partition coefficient (Wildman–Crippen LogP) is 6.19. The lowest BCUT2D eigenvalue weighted by atomic mass is 9.86. The Labute approximate surface area is 179 Å². The first-order chi connectivity index (χ1) is 14.9. The molecular formula is C29H25O. The lowest BCUT2D eigenvalue weighted by Gasteiger charge is -2.19. The molecule has 0 N–H and O–H groups in total. The molecule has 0 saturated carbocycles. The summed E-state index contributed by atoms with van der Waals surface area (Å²) >= 11 is 0. The van der Waals surface area contributed by atoms with Gasteiger partial charge in [-0.2, -0.15) is 0 Å². The SMILES string of the molecule is [c]1c(Cc2ccccc2)c(Cc2ccccc2)c(Cc2ccccc2)c2c1CCO2. The van der Waals surface area contributed by atoms with Crippen molar-refractivity contribution in [2.45, 2.75) is 25.7 Å². The standard InChI is InChI=1S/C29H25O/c1-4-10-22(11-5-1)18-26-21-25-16-17-30-29(25)28(20-24-14-8-3-9-15-24)27(26)19-23-12-6-2-7-13-23/h1-15H,16-20H2. The lowest BCUT2D eigenvalue weighted by Crippen LogP contribution is -2.06. The highest BCUT2D eigenvalue weighted by Crippen LogP contribution is 2.37. The molecule has 0 unspecified atom stereocenters. The molecule has 0 amide bonds. The Morgan fingerprint density at radius 3 is 1.67 bits per heavy atom. The Morgan fingerprint density at radius 2 is 1.10 bits per heavy atom. The number of fused-ring (bicyclic) bond motifs is 1. The first-order valence-electron chi connectivity index (χ1n) is 10.7. The Kier molecular flexibility index (Phi) is 5.35. The molecule has 4 aromatic rings. The third kappa shape index (κ3) is 4.02. The van der Waals surface area contributed by atoms with Crippen LogP contribution in [0.4, 0.5) is 0 Å². The summed E-state index contributed by atoms with van der Waals surface area (Å²) in [6.07, 6.45) is 3.64. The van der Waals surface area contributed by atoms with Gasteiger partial charge in [0, 0.05) is 24.0 Å². The van der Waals surface area contributed by atoms with Gasteiger partial charge >= 0.3 is 0 Å². The molecule has 0 fully saturated rings. The molecule has 1 aliphatic rings. The molecule has 1 heteroatoms. The molecule has 147 valence electrons. The summed E-state index contributed by atoms with van der Waals surface area (Å²) in [7, 11) is 0. The summed E-state index contributed by atoms with van der Waals surface area (Å²) in [6.45, 7) is 0.757. The van der Waals surface area contributed by atoms with Crippen LogP contribution in [0, 0.1) is 6.07 Å². The van der Waals surface area contributed by atoms with E-state index >= 15 is 0 Å². The van der Waals surface area contributed by atoms with Crippen LogP contribution < -0.4 is 4.74 Å². The van der Waals surface area contributed by atoms with Crippen molar-refractivity contribution >= 4 is 0 Å². The molecule has 0 aliphatic carbocycles. The molecule has 1 heterocycles. The van der Waals surface area contributed by atoms with Crippen molar-refractivity contribution in [3.05, 3.63) is 136 Å². The fourth-order valence-electron chi connectivity index (χ4n) is 4.37. The molecule has 0 aromatic heterocycles. The third-order valence-corrected chi connectivity index (χ3v) is 5.85. The van der Waals surface area contributed by atoms with Gasteiger partial charge in [0.05, 0.1) is 6.61 Å². The van der Waals surface area contributed by atoms with Crippen LogP contribution in [0.15, 0.2) is 91.0 Å². The highest BCUT2D eigenvalue weighted by Gasteiger charge is 2.23. The van der Waals surface area contributed by atoms with Gasteiger partial charge in [-0.3, -0.25) is 0 Å². The Morgan fingerprint density at radius 1 is 0.600 bits per heavy atom. The average molecular weight is 390 g/mol. The predicted molar refractivity (Wildman–Crippen MR) is 122 cm³/mol. The molecule has 0 saturated heterocycles. The first kappa shape index (κ1) is 18.7. The topological polar surface area (TPSA) is 9.23 Å². The van der Waals surface area contributed by atoms with Crippen LogP contribution in [0.5, 0.6) is 5.75 Å². The van der Waals surface area contributed by atoms with Gasteiger partial charge in [0.15, 0.2) is 0 Å². The maximum Gasteiger partial charge on any atom is 0.127 e. The summed E-state index contributed by atoms with van der Waals surface area (Å²) in [5.41, 5.74) is 9.22. The Bertz CT molecular complexity index is 1120. The molecule has 1 nitrogen and oxygen atoms in total. The van der Waals surface area contributed by atoms with Gasteiger partial charge in [-0.05, 0) is 46.7 Å². The molecule has 4 aromatic carbocycles. The van der Waals surface area contributed by atoms with E-state index in [4.69, 9.17) is 4.74 Å². The van der Waals surface area contributed by atoms with Gasteiger partial charge < -0.3 is 4.74 Å². The van der Waals surface area contributed by atoms with Gasteiger partial charge in [0.25, 0.3) is 0 Å². The van der Waals surface area contributed by atoms with E-state index in [0.717, 1.165) is 38.0 Å². The number of ether oxygens (including phenoxy) is 1. The minimum absolute atomic E-state index is 0.757. The second kappa shape index (κ2) is 8.59. The minimum Gasteiger partial charge on any atom is -0.493 e. The second-order valence-electron chi connectivity index (χ2n) is 7.95. The summed E-state index contributed by atoms with van der Waals surface area (Å²) in [6, 6.07) is 36.0. The van der Waals surface area contributed by atoms with E-state index in [-0.39, 0.29) is 0 Å². The van der Waals surface area contributed by atoms with Crippen LogP contribution in [0.25, 0.3) is 0 Å². The molecule has 0 spiro atoms. The zero-order chi connectivity index (χ0) is 20.2. The van der Waals surface area contributed by atoms with E-state index in [1.807, 2.05) is 0 Å². The number of rotatable bonds is 6. The third-order valence-electron chi connectivity index (χ3n) is 5.85. The van der Waals surface area contributed by atoms with Crippen molar-refractivity contribution in [3.8, 4) is 5.75 Å². The number of hydrogen-bond donors (Lipinski definition) is 0. The van der Waals surface area contributed by atoms with Crippen molar-refractivity contribution in [3.63, 3.8) is 0 Å². The maximum atomic E-state index is 6.15. The van der Waals surface area contributed by atoms with Gasteiger partial charge in [-0.15, -0.1) is 0 Å². The van der Waals surface area contributed by atoms with Crippen molar-refractivity contribution in [1.82, 2.24) is 0 Å². The van der Waals surface area contributed by atoms with Crippen LogP contribution >= 0.6 is 0 Å². The van der Waals surface area contributed by atoms with Crippen LogP contribution in [0.1, 0.15) is 38.9 Å². The van der Waals surface area contributed by atoms with E-state index in [2.05, 4.69) is 97.1 Å². The van der Waals surface area contributed by atoms with Gasteiger partial charge in [-0.1, -0.05) is 91.0 Å². The van der Waals surface area contributed by atoms with Crippen LogP contribution in [0.2, 0.25) is 0 Å². The zero-order valence-electron chi connectivity index (χ0n) is 17.1. The van der Waals surface area contributed by atoms with Crippen molar-refractivity contribution in [1.29, 1.82) is 0 Å². The average Bonchev–Trinajstić information content (AvgIpc) is 3.26. The molecule has 1 radical (unpaired) electrons. The number of hydrogen-bond acceptors (Lipinski definition) is 1. The van der Waals surface area contributed by atoms with E-state index in [1.165, 1.54) is 38.9 Å². The van der Waals surface area contributed by atoms with Gasteiger partial charge in [0.1, 0.15) is 5.75 Å². The van der Waals surface area contributed by atoms with E-state index in [0.29, 0.717) is 0 Å². The van der Waals surface area contributed by atoms with Crippen LogP contribution in [-0.4, -0.2) is 6.61 Å². The quantitative estimate of drug-likeness (QED) is 0.382. The molecule has 0 atom stereocenters. The van der Waals surface area contributed by atoms with Crippen molar-refractivity contribution in [2.75, 3.05) is 6.61 Å². The van der Waals surface area contributed by atoms with Crippen LogP contribution in [0.3, 0.4) is 0 Å². The Balaban J connectivity index is 1.64. The highest BCUT2D eigenvalue weighted by atomic mass is 16.5. The van der Waals surface area contributed by atoms with Crippen LogP contribution in [-0.2, 0) is 25.7 Å². The van der Waals surface area contributed by atoms with E-state index in [1.54, 1.807) is 0 Å². The number of benzene rings is 4. The monoisotopic (exact) mass is 389 g/mol. The molecule has 1 aliphatic heterocycles. The smallest absolute Gasteiger partial charge is 0.127 e. The van der Waals surface area contributed by atoms with Gasteiger partial charge in [-0.25, -0.2) is 0 Å². The zero-order valence-corrected chi connectivity index (χ0v) is 17.1. The lowest BCUT2D eigenvalue weighted by molar-refractivity contribution is 0.353. The highest BCUT2D eigenvalue weighted by molar-refractivity contribution is 5.55. The summed E-state index contributed by atoms with van der Waals surface area (Å²) in [4.78, 5) is 0. The minimum atomic E-state index is 0.757. The first-order valence-corrected chi connectivity index (χ1v) is 10.7. The van der Waals surface area contributed by atoms with Gasteiger partial charge in [0.2, 0.25) is 0 Å². The molecule has 5 rings (SSSR count). The second-order valence-corrected chi connectivity index (χ2v) is 7.95. The van der Waals surface area contributed by atoms with Crippen molar-refractivity contribution in [2.24, 2.45) is 0 Å². The fourth-order valence-corrected chi connectivity index (χ4v) is 4.37. The fraction of sp³-hybridized carbons (Fsp3) is 0.172. The largest absolute Gasteiger partial charge is 0.493 e.